The summed E-state index contributed by atoms with van der Waals surface area (Å²) >= 11 is -1.99. The molecular formula is C17H23GeN. The molecular weight excluding hydrogens is 291 g/mol. The van der Waals surface area contributed by atoms with Crippen LogP contribution in [-0.2, 0) is 6.37 Å². The van der Waals surface area contributed by atoms with E-state index in [1.807, 2.05) is 24.3 Å². The van der Waals surface area contributed by atoms with Gasteiger partial charge in [0.2, 0.25) is 0 Å². The van der Waals surface area contributed by atoms with Gasteiger partial charge in [-0.15, -0.1) is 0 Å². The third-order valence-corrected chi connectivity index (χ3v) is 7.42. The fourth-order valence-corrected chi connectivity index (χ4v) is 4.31. The summed E-state index contributed by atoms with van der Waals surface area (Å²) in [6.07, 6.45) is -1.74. The molecule has 0 aliphatic heterocycles. The van der Waals surface area contributed by atoms with Gasteiger partial charge in [0.25, 0.3) is 0 Å². The van der Waals surface area contributed by atoms with Crippen molar-refractivity contribution in [2.24, 2.45) is 0 Å². The van der Waals surface area contributed by atoms with Crippen molar-refractivity contribution >= 4 is 17.7 Å². The minimum absolute atomic E-state index is 0.346. The number of hydrogen-bond donors (Lipinski definition) is 0. The van der Waals surface area contributed by atoms with E-state index in [0.717, 1.165) is 6.20 Å². The number of nitrogens with zero attached hydrogens (tertiary/aromatic N) is 1. The van der Waals surface area contributed by atoms with Crippen LogP contribution in [0, 0.1) is 6.85 Å². The van der Waals surface area contributed by atoms with Crippen molar-refractivity contribution in [3.8, 4) is 11.3 Å². The van der Waals surface area contributed by atoms with E-state index in [0.29, 0.717) is 11.3 Å². The Kier molecular flexibility index (Phi) is 2.05. The first-order chi connectivity index (χ1) is 12.0. The predicted octanol–water partition coefficient (Wildman–Crippen LogP) is 4.16. The van der Waals surface area contributed by atoms with E-state index in [4.69, 9.17) is 11.0 Å². The van der Waals surface area contributed by atoms with Gasteiger partial charge < -0.3 is 0 Å². The summed E-state index contributed by atoms with van der Waals surface area (Å²) in [5.74, 6) is 6.80. The van der Waals surface area contributed by atoms with E-state index < -0.39 is 33.3 Å². The first-order valence-electron chi connectivity index (χ1n) is 10.2. The van der Waals surface area contributed by atoms with E-state index in [1.165, 1.54) is 10.5 Å². The molecule has 0 N–H and O–H groups in total. The van der Waals surface area contributed by atoms with Crippen molar-refractivity contribution in [3.05, 3.63) is 47.7 Å². The van der Waals surface area contributed by atoms with Crippen molar-refractivity contribution in [2.75, 3.05) is 0 Å². The third kappa shape index (κ3) is 3.27. The zero-order valence-electron chi connectivity index (χ0n) is 19.4. The molecule has 0 fully saturated rings. The average molecular weight is 322 g/mol. The third-order valence-electron chi connectivity index (χ3n) is 3.09. The Morgan fingerprint density at radius 2 is 1.95 bits per heavy atom. The molecule has 0 atom stereocenters. The standard InChI is InChI=1S/C17H23GeN/c1-6-14-11-17(19-12-13(14)2)15-7-9-16(10-8-15)18(3,4)5/h7-12H,6H2,1-5H3/i1D3,2D3,6D2. The molecule has 100 valence electrons. The number of aromatic nitrogens is 1. The Hall–Kier alpha value is -1.09. The normalized spacial score (nSPS) is 19.9. The van der Waals surface area contributed by atoms with Gasteiger partial charge in [-0.25, -0.2) is 0 Å². The summed E-state index contributed by atoms with van der Waals surface area (Å²) in [7, 11) is 0. The van der Waals surface area contributed by atoms with Gasteiger partial charge in [0.1, 0.15) is 0 Å². The second-order valence-corrected chi connectivity index (χ2v) is 16.2. The molecule has 19 heavy (non-hydrogen) atoms. The van der Waals surface area contributed by atoms with Crippen LogP contribution in [0.4, 0.5) is 0 Å². The van der Waals surface area contributed by atoms with Crippen LogP contribution >= 0.6 is 0 Å². The molecule has 1 nitrogen and oxygen atoms in total. The molecule has 0 saturated heterocycles. The Balaban J connectivity index is 2.63. The SMILES string of the molecule is [2H]C([2H])([2H])c1cnc(-c2cc[c]([Ge]([CH3])([CH3])[CH3])cc2)cc1C([2H])([2H])C([2H])([2H])[2H]. The van der Waals surface area contributed by atoms with Crippen LogP contribution in [0.5, 0.6) is 0 Å². The summed E-state index contributed by atoms with van der Waals surface area (Å²) in [6, 6.07) is 8.98. The summed E-state index contributed by atoms with van der Waals surface area (Å²) in [4.78, 5) is 4.17. The predicted molar refractivity (Wildman–Crippen MR) is 86.8 cm³/mol. The van der Waals surface area contributed by atoms with Gasteiger partial charge in [-0.05, 0) is 0 Å². The Morgan fingerprint density at radius 3 is 2.53 bits per heavy atom. The molecule has 0 saturated carbocycles. The van der Waals surface area contributed by atoms with E-state index in [2.05, 4.69) is 22.3 Å². The molecule has 2 aromatic rings. The van der Waals surface area contributed by atoms with Crippen LogP contribution in [0.3, 0.4) is 0 Å². The molecule has 0 aliphatic rings. The van der Waals surface area contributed by atoms with Gasteiger partial charge in [0.15, 0.2) is 0 Å². The molecule has 0 bridgehead atoms. The average Bonchev–Trinajstić information content (AvgIpc) is 2.51. The molecule has 1 aromatic heterocycles. The molecule has 2 rings (SSSR count). The molecule has 1 aromatic carbocycles. The van der Waals surface area contributed by atoms with E-state index in [9.17, 15) is 0 Å². The van der Waals surface area contributed by atoms with Crippen LogP contribution < -0.4 is 4.40 Å². The number of benzene rings is 1. The monoisotopic (exact) mass is 323 g/mol. The van der Waals surface area contributed by atoms with Gasteiger partial charge in [0, 0.05) is 0 Å². The zero-order chi connectivity index (χ0) is 20.8. The fraction of sp³-hybridized carbons (Fsp3) is 0.353. The second-order valence-electron chi connectivity index (χ2n) is 5.57. The van der Waals surface area contributed by atoms with Crippen molar-refractivity contribution in [1.29, 1.82) is 0 Å². The Morgan fingerprint density at radius 1 is 1.21 bits per heavy atom. The topological polar surface area (TPSA) is 12.9 Å². The molecule has 0 spiro atoms. The Bertz CT molecular complexity index is 817. The minimum atomic E-state index is -3.00. The number of pyridine rings is 1. The van der Waals surface area contributed by atoms with Crippen LogP contribution in [-0.4, -0.2) is 18.3 Å². The number of aryl methyl sites for hydroxylation is 2. The van der Waals surface area contributed by atoms with Gasteiger partial charge in [-0.1, -0.05) is 0 Å². The fourth-order valence-electron chi connectivity index (χ4n) is 1.86. The van der Waals surface area contributed by atoms with Crippen LogP contribution in [0.25, 0.3) is 11.3 Å². The van der Waals surface area contributed by atoms with Crippen LogP contribution in [0.1, 0.15) is 28.9 Å². The molecule has 0 radical (unpaired) electrons. The van der Waals surface area contributed by atoms with Crippen molar-refractivity contribution in [3.63, 3.8) is 0 Å². The van der Waals surface area contributed by atoms with Gasteiger partial charge in [-0.3, -0.25) is 0 Å². The number of rotatable bonds is 3. The van der Waals surface area contributed by atoms with Crippen molar-refractivity contribution in [1.82, 2.24) is 4.98 Å². The zero-order valence-corrected chi connectivity index (χ0v) is 13.5. The number of hydrogen-bond acceptors (Lipinski definition) is 1. The molecule has 0 aliphatic carbocycles. The molecule has 1 heterocycles. The van der Waals surface area contributed by atoms with E-state index in [-0.39, 0.29) is 11.1 Å². The summed E-state index contributed by atoms with van der Waals surface area (Å²) in [6.45, 7) is -5.67. The van der Waals surface area contributed by atoms with E-state index >= 15 is 0 Å². The summed E-state index contributed by atoms with van der Waals surface area (Å²) in [5.41, 5.74) is 0.280. The molecule has 0 unspecified atom stereocenters. The molecule has 0 amide bonds. The second kappa shape index (κ2) is 5.50. The van der Waals surface area contributed by atoms with Crippen molar-refractivity contribution < 1.29 is 11.0 Å². The summed E-state index contributed by atoms with van der Waals surface area (Å²) < 4.78 is 62.8. The first-order valence-corrected chi connectivity index (χ1v) is 13.5. The van der Waals surface area contributed by atoms with Gasteiger partial charge >= 0.3 is 130 Å². The quantitative estimate of drug-likeness (QED) is 0.773. The van der Waals surface area contributed by atoms with E-state index in [1.54, 1.807) is 0 Å². The maximum absolute atomic E-state index is 8.05. The maximum atomic E-state index is 8.05. The van der Waals surface area contributed by atoms with Crippen LogP contribution in [0.2, 0.25) is 17.3 Å². The van der Waals surface area contributed by atoms with Crippen molar-refractivity contribution in [2.45, 2.75) is 37.3 Å². The first kappa shape index (κ1) is 7.07. The summed E-state index contributed by atoms with van der Waals surface area (Å²) in [5, 5.41) is 0. The van der Waals surface area contributed by atoms with Gasteiger partial charge in [-0.2, -0.15) is 0 Å². The molecule has 2 heteroatoms. The van der Waals surface area contributed by atoms with Gasteiger partial charge in [0.05, 0.1) is 0 Å². The van der Waals surface area contributed by atoms with Crippen LogP contribution in [0.15, 0.2) is 36.5 Å². The Labute approximate surface area is 130 Å².